The molecule has 2 aromatic heterocycles. The van der Waals surface area contributed by atoms with Crippen LogP contribution in [0.2, 0.25) is 0 Å². The van der Waals surface area contributed by atoms with Crippen molar-refractivity contribution in [1.29, 1.82) is 0 Å². The molecule has 0 saturated carbocycles. The number of non-ortho nitro benzene ring substituents is 1. The molecule has 3 rings (SSSR count). The first kappa shape index (κ1) is 14.9. The summed E-state index contributed by atoms with van der Waals surface area (Å²) in [6.07, 6.45) is 3.51. The van der Waals surface area contributed by atoms with Gasteiger partial charge in [-0.25, -0.2) is 4.98 Å². The molecule has 3 aromatic rings. The third kappa shape index (κ3) is 2.96. The van der Waals surface area contributed by atoms with Gasteiger partial charge in [0, 0.05) is 48.8 Å². The maximum atomic E-state index is 11.2. The first-order valence-corrected chi connectivity index (χ1v) is 7.21. The Morgan fingerprint density at radius 2 is 1.96 bits per heavy atom. The number of hydrogen-bond acceptors (Lipinski definition) is 5. The molecule has 0 radical (unpaired) electrons. The molecule has 0 N–H and O–H groups in total. The van der Waals surface area contributed by atoms with Gasteiger partial charge in [0.15, 0.2) is 5.52 Å². The molecule has 0 amide bonds. The van der Waals surface area contributed by atoms with Gasteiger partial charge >= 0.3 is 0 Å². The highest BCUT2D eigenvalue weighted by Crippen LogP contribution is 2.32. The molecule has 6 nitrogen and oxygen atoms in total. The number of nitrogens with zero attached hydrogens (tertiary/aromatic N) is 4. The largest absolute Gasteiger partial charge is 0.370 e. The molecule has 2 heterocycles. The summed E-state index contributed by atoms with van der Waals surface area (Å²) in [4.78, 5) is 21.3. The smallest absolute Gasteiger partial charge is 0.295 e. The summed E-state index contributed by atoms with van der Waals surface area (Å²) in [6, 6.07) is 10.9. The van der Waals surface area contributed by atoms with Crippen LogP contribution in [-0.2, 0) is 6.54 Å². The third-order valence-corrected chi connectivity index (χ3v) is 3.70. The average molecular weight is 308 g/mol. The van der Waals surface area contributed by atoms with Gasteiger partial charge in [-0.1, -0.05) is 12.1 Å². The predicted octanol–water partition coefficient (Wildman–Crippen LogP) is 3.48. The zero-order valence-electron chi connectivity index (χ0n) is 12.9. The number of aromatic nitrogens is 2. The summed E-state index contributed by atoms with van der Waals surface area (Å²) >= 11 is 0. The predicted molar refractivity (Wildman–Crippen MR) is 89.5 cm³/mol. The average Bonchev–Trinajstić information content (AvgIpc) is 2.54. The zero-order valence-corrected chi connectivity index (χ0v) is 12.9. The van der Waals surface area contributed by atoms with Gasteiger partial charge in [-0.15, -0.1) is 0 Å². The number of para-hydroxylation sites is 1. The van der Waals surface area contributed by atoms with Crippen molar-refractivity contribution in [2.45, 2.75) is 13.5 Å². The fourth-order valence-corrected chi connectivity index (χ4v) is 2.65. The van der Waals surface area contributed by atoms with Gasteiger partial charge in [0.25, 0.3) is 5.69 Å². The number of fused-ring (bicyclic) bond motifs is 1. The summed E-state index contributed by atoms with van der Waals surface area (Å²) in [7, 11) is 1.97. The third-order valence-electron chi connectivity index (χ3n) is 3.70. The molecular formula is C17H16N4O2. The fraction of sp³-hybridized carbons (Fsp3) is 0.176. The van der Waals surface area contributed by atoms with Gasteiger partial charge in [0.05, 0.1) is 4.92 Å². The SMILES string of the molecule is Cc1cc(N(C)Cc2ccncc2)c2cccc([N+](=O)[O-])c2n1. The highest BCUT2D eigenvalue weighted by Gasteiger charge is 2.17. The molecule has 0 aliphatic carbocycles. The molecule has 0 unspecified atom stereocenters. The van der Waals surface area contributed by atoms with E-state index in [1.54, 1.807) is 18.5 Å². The van der Waals surface area contributed by atoms with Crippen molar-refractivity contribution < 1.29 is 4.92 Å². The van der Waals surface area contributed by atoms with E-state index in [0.717, 1.165) is 22.3 Å². The van der Waals surface area contributed by atoms with Crippen LogP contribution in [0.1, 0.15) is 11.3 Å². The Bertz CT molecular complexity index is 865. The summed E-state index contributed by atoms with van der Waals surface area (Å²) in [5, 5.41) is 12.0. The second-order valence-electron chi connectivity index (χ2n) is 5.42. The van der Waals surface area contributed by atoms with Crippen LogP contribution in [0.25, 0.3) is 10.9 Å². The lowest BCUT2D eigenvalue weighted by Crippen LogP contribution is -2.17. The van der Waals surface area contributed by atoms with E-state index in [1.807, 2.05) is 38.2 Å². The maximum absolute atomic E-state index is 11.2. The van der Waals surface area contributed by atoms with Crippen LogP contribution in [0.3, 0.4) is 0 Å². The molecule has 0 fully saturated rings. The number of rotatable bonds is 4. The molecule has 0 spiro atoms. The Morgan fingerprint density at radius 1 is 1.22 bits per heavy atom. The Balaban J connectivity index is 2.10. The molecule has 116 valence electrons. The number of nitro benzene ring substituents is 1. The van der Waals surface area contributed by atoms with Crippen molar-refractivity contribution in [2.24, 2.45) is 0 Å². The highest BCUT2D eigenvalue weighted by atomic mass is 16.6. The van der Waals surface area contributed by atoms with E-state index < -0.39 is 0 Å². The summed E-state index contributed by atoms with van der Waals surface area (Å²) in [6.45, 7) is 2.53. The van der Waals surface area contributed by atoms with Gasteiger partial charge < -0.3 is 4.90 Å². The second kappa shape index (κ2) is 6.00. The number of pyridine rings is 2. The van der Waals surface area contributed by atoms with Crippen molar-refractivity contribution in [3.63, 3.8) is 0 Å². The molecule has 0 saturated heterocycles. The van der Waals surface area contributed by atoms with Gasteiger partial charge in [0.2, 0.25) is 0 Å². The second-order valence-corrected chi connectivity index (χ2v) is 5.42. The summed E-state index contributed by atoms with van der Waals surface area (Å²) in [5.74, 6) is 0. The summed E-state index contributed by atoms with van der Waals surface area (Å²) in [5.41, 5.74) is 3.26. The van der Waals surface area contributed by atoms with Gasteiger partial charge in [-0.2, -0.15) is 0 Å². The van der Waals surface area contributed by atoms with Crippen molar-refractivity contribution in [2.75, 3.05) is 11.9 Å². The van der Waals surface area contributed by atoms with Crippen LogP contribution in [0.4, 0.5) is 11.4 Å². The van der Waals surface area contributed by atoms with Crippen molar-refractivity contribution in [3.8, 4) is 0 Å². The van der Waals surface area contributed by atoms with Crippen molar-refractivity contribution in [3.05, 3.63) is 70.2 Å². The van der Waals surface area contributed by atoms with Crippen LogP contribution in [-0.4, -0.2) is 21.9 Å². The first-order chi connectivity index (χ1) is 11.1. The minimum absolute atomic E-state index is 0.0322. The van der Waals surface area contributed by atoms with Gasteiger partial charge in [-0.3, -0.25) is 15.1 Å². The molecule has 0 atom stereocenters. The van der Waals surface area contributed by atoms with E-state index in [-0.39, 0.29) is 10.6 Å². The number of anilines is 1. The van der Waals surface area contributed by atoms with E-state index in [4.69, 9.17) is 0 Å². The van der Waals surface area contributed by atoms with Gasteiger partial charge in [-0.05, 0) is 30.7 Å². The van der Waals surface area contributed by atoms with Crippen molar-refractivity contribution >= 4 is 22.3 Å². The molecule has 6 heteroatoms. The molecule has 0 bridgehead atoms. The standard InChI is InChI=1S/C17H16N4O2/c1-12-10-16(20(2)11-13-6-8-18-9-7-13)14-4-3-5-15(21(22)23)17(14)19-12/h3-10H,11H2,1-2H3. The molecular weight excluding hydrogens is 292 g/mol. The fourth-order valence-electron chi connectivity index (χ4n) is 2.65. The number of benzene rings is 1. The molecule has 23 heavy (non-hydrogen) atoms. The molecule has 0 aliphatic rings. The van der Waals surface area contributed by atoms with E-state index in [9.17, 15) is 10.1 Å². The normalized spacial score (nSPS) is 10.7. The van der Waals surface area contributed by atoms with Crippen LogP contribution in [0.15, 0.2) is 48.8 Å². The minimum atomic E-state index is -0.387. The van der Waals surface area contributed by atoms with E-state index in [1.165, 1.54) is 6.07 Å². The zero-order chi connectivity index (χ0) is 16.4. The number of hydrogen-bond donors (Lipinski definition) is 0. The summed E-state index contributed by atoms with van der Waals surface area (Å²) < 4.78 is 0. The van der Waals surface area contributed by atoms with Crippen LogP contribution in [0, 0.1) is 17.0 Å². The Hall–Kier alpha value is -3.02. The maximum Gasteiger partial charge on any atom is 0.295 e. The first-order valence-electron chi connectivity index (χ1n) is 7.21. The monoisotopic (exact) mass is 308 g/mol. The Kier molecular flexibility index (Phi) is 3.89. The highest BCUT2D eigenvalue weighted by molar-refractivity contribution is 5.97. The van der Waals surface area contributed by atoms with Gasteiger partial charge in [0.1, 0.15) is 0 Å². The topological polar surface area (TPSA) is 72.2 Å². The van der Waals surface area contributed by atoms with E-state index >= 15 is 0 Å². The number of aryl methyl sites for hydroxylation is 1. The molecule has 0 aliphatic heterocycles. The lowest BCUT2D eigenvalue weighted by atomic mass is 10.1. The number of nitro groups is 1. The lowest BCUT2D eigenvalue weighted by molar-refractivity contribution is -0.383. The Morgan fingerprint density at radius 3 is 2.65 bits per heavy atom. The lowest BCUT2D eigenvalue weighted by Gasteiger charge is -2.21. The van der Waals surface area contributed by atoms with Crippen molar-refractivity contribution in [1.82, 2.24) is 9.97 Å². The van der Waals surface area contributed by atoms with Crippen LogP contribution < -0.4 is 4.90 Å². The van der Waals surface area contributed by atoms with E-state index in [2.05, 4.69) is 14.9 Å². The van der Waals surface area contributed by atoms with Crippen LogP contribution in [0.5, 0.6) is 0 Å². The quantitative estimate of drug-likeness (QED) is 0.545. The molecule has 1 aromatic carbocycles. The minimum Gasteiger partial charge on any atom is -0.370 e. The van der Waals surface area contributed by atoms with Crippen LogP contribution >= 0.6 is 0 Å². The van der Waals surface area contributed by atoms with E-state index in [0.29, 0.717) is 12.1 Å². The Labute approximate surface area is 133 Å².